The van der Waals surface area contributed by atoms with E-state index >= 15 is 0 Å². The minimum atomic E-state index is -1.12. The van der Waals surface area contributed by atoms with E-state index in [0.29, 0.717) is 5.39 Å². The van der Waals surface area contributed by atoms with Gasteiger partial charge in [0, 0.05) is 17.1 Å². The molecule has 1 aromatic heterocycles. The molecule has 0 aliphatic rings. The zero-order valence-electron chi connectivity index (χ0n) is 13.3. The highest BCUT2D eigenvalue weighted by Crippen LogP contribution is 2.32. The van der Waals surface area contributed by atoms with Crippen LogP contribution in [0.3, 0.4) is 0 Å². The van der Waals surface area contributed by atoms with Crippen LogP contribution in [0, 0.1) is 11.6 Å². The van der Waals surface area contributed by atoms with Crippen LogP contribution in [0.2, 0.25) is 0 Å². The van der Waals surface area contributed by atoms with Gasteiger partial charge in [-0.25, -0.2) is 13.6 Å². The molecule has 0 radical (unpaired) electrons. The standard InChI is InChI=1S/C17H13BrF2N2O3/c1-24-13-6-4-10(19)7-11(13)16(17(23)25-2)22-8-9-3-5-12(18)14(20)15(9)21-22/h3-8,16H,1-2H3/t16-/m1/s1. The Morgan fingerprint density at radius 2 is 2.00 bits per heavy atom. The molecule has 0 amide bonds. The van der Waals surface area contributed by atoms with Gasteiger partial charge in [0.2, 0.25) is 0 Å². The highest BCUT2D eigenvalue weighted by atomic mass is 79.9. The summed E-state index contributed by atoms with van der Waals surface area (Å²) in [6.07, 6.45) is 1.50. The number of halogens is 3. The number of rotatable bonds is 4. The lowest BCUT2D eigenvalue weighted by Gasteiger charge is -2.18. The minimum Gasteiger partial charge on any atom is -0.496 e. The summed E-state index contributed by atoms with van der Waals surface area (Å²) in [7, 11) is 2.61. The van der Waals surface area contributed by atoms with Crippen molar-refractivity contribution in [3.8, 4) is 5.75 Å². The van der Waals surface area contributed by atoms with E-state index in [-0.39, 0.29) is 21.3 Å². The molecule has 0 bridgehead atoms. The molecular weight excluding hydrogens is 398 g/mol. The van der Waals surface area contributed by atoms with Gasteiger partial charge in [-0.2, -0.15) is 5.10 Å². The molecule has 3 rings (SSSR count). The summed E-state index contributed by atoms with van der Waals surface area (Å²) in [5.74, 6) is -1.49. The van der Waals surface area contributed by atoms with E-state index in [0.717, 1.165) is 0 Å². The summed E-state index contributed by atoms with van der Waals surface area (Å²) < 4.78 is 39.5. The molecule has 130 valence electrons. The SMILES string of the molecule is COC(=O)[C@@H](c1cc(F)ccc1OC)n1cc2ccc(Br)c(F)c2n1. The lowest BCUT2D eigenvalue weighted by atomic mass is 10.1. The van der Waals surface area contributed by atoms with Gasteiger partial charge < -0.3 is 9.47 Å². The van der Waals surface area contributed by atoms with Crippen molar-refractivity contribution in [2.45, 2.75) is 6.04 Å². The maximum absolute atomic E-state index is 14.2. The number of hydrogen-bond acceptors (Lipinski definition) is 4. The number of esters is 1. The summed E-state index contributed by atoms with van der Waals surface area (Å²) in [6, 6.07) is 5.86. The van der Waals surface area contributed by atoms with Gasteiger partial charge in [-0.3, -0.25) is 4.68 Å². The van der Waals surface area contributed by atoms with Crippen molar-refractivity contribution in [1.29, 1.82) is 0 Å². The maximum Gasteiger partial charge on any atom is 0.335 e. The normalized spacial score (nSPS) is 12.2. The Morgan fingerprint density at radius 1 is 1.24 bits per heavy atom. The number of carbonyl (C=O) groups is 1. The van der Waals surface area contributed by atoms with E-state index in [9.17, 15) is 13.6 Å². The van der Waals surface area contributed by atoms with Crippen molar-refractivity contribution in [2.24, 2.45) is 0 Å². The first-order chi connectivity index (χ1) is 12.0. The van der Waals surface area contributed by atoms with E-state index in [4.69, 9.17) is 9.47 Å². The van der Waals surface area contributed by atoms with Gasteiger partial charge in [-0.1, -0.05) is 0 Å². The van der Waals surface area contributed by atoms with Crippen LogP contribution >= 0.6 is 15.9 Å². The molecule has 1 heterocycles. The summed E-state index contributed by atoms with van der Waals surface area (Å²) in [5.41, 5.74) is 0.306. The van der Waals surface area contributed by atoms with E-state index < -0.39 is 23.6 Å². The molecule has 1 atom stereocenters. The highest BCUT2D eigenvalue weighted by molar-refractivity contribution is 9.10. The zero-order chi connectivity index (χ0) is 18.1. The quantitative estimate of drug-likeness (QED) is 0.613. The predicted octanol–water partition coefficient (Wildman–Crippen LogP) is 3.85. The molecule has 3 aromatic rings. The van der Waals surface area contributed by atoms with E-state index in [1.54, 1.807) is 12.1 Å². The predicted molar refractivity (Wildman–Crippen MR) is 90.5 cm³/mol. The first-order valence-electron chi connectivity index (χ1n) is 7.20. The highest BCUT2D eigenvalue weighted by Gasteiger charge is 2.29. The number of methoxy groups -OCH3 is 2. The van der Waals surface area contributed by atoms with Crippen molar-refractivity contribution in [2.75, 3.05) is 14.2 Å². The Kier molecular flexibility index (Phi) is 4.71. The lowest BCUT2D eigenvalue weighted by molar-refractivity contribution is -0.143. The van der Waals surface area contributed by atoms with Crippen molar-refractivity contribution in [3.05, 3.63) is 58.2 Å². The van der Waals surface area contributed by atoms with Gasteiger partial charge in [0.25, 0.3) is 0 Å². The van der Waals surface area contributed by atoms with Gasteiger partial charge in [-0.15, -0.1) is 0 Å². The van der Waals surface area contributed by atoms with E-state index in [2.05, 4.69) is 21.0 Å². The Morgan fingerprint density at radius 3 is 2.68 bits per heavy atom. The third-order valence-electron chi connectivity index (χ3n) is 3.76. The third-order valence-corrected chi connectivity index (χ3v) is 4.37. The number of nitrogens with zero attached hydrogens (tertiary/aromatic N) is 2. The van der Waals surface area contributed by atoms with Gasteiger partial charge in [0.05, 0.1) is 18.7 Å². The van der Waals surface area contributed by atoms with Crippen LogP contribution in [0.15, 0.2) is 41.0 Å². The topological polar surface area (TPSA) is 53.4 Å². The largest absolute Gasteiger partial charge is 0.496 e. The Bertz CT molecular complexity index is 958. The Labute approximate surface area is 150 Å². The second-order valence-electron chi connectivity index (χ2n) is 5.22. The van der Waals surface area contributed by atoms with Gasteiger partial charge in [0.15, 0.2) is 11.9 Å². The first kappa shape index (κ1) is 17.3. The van der Waals surface area contributed by atoms with Crippen LogP contribution in [0.5, 0.6) is 5.75 Å². The first-order valence-corrected chi connectivity index (χ1v) is 7.99. The van der Waals surface area contributed by atoms with E-state index in [1.165, 1.54) is 43.3 Å². The zero-order valence-corrected chi connectivity index (χ0v) is 14.9. The number of fused-ring (bicyclic) bond motifs is 1. The van der Waals surface area contributed by atoms with Gasteiger partial charge >= 0.3 is 5.97 Å². The number of ether oxygens (including phenoxy) is 2. The molecule has 5 nitrogen and oxygen atoms in total. The molecule has 0 spiro atoms. The van der Waals surface area contributed by atoms with Crippen LogP contribution in [-0.2, 0) is 9.53 Å². The second kappa shape index (κ2) is 6.79. The van der Waals surface area contributed by atoms with Crippen LogP contribution in [0.4, 0.5) is 8.78 Å². The number of benzene rings is 2. The average Bonchev–Trinajstić information content (AvgIpc) is 3.03. The molecular formula is C17H13BrF2N2O3. The monoisotopic (exact) mass is 410 g/mol. The van der Waals surface area contributed by atoms with Crippen molar-refractivity contribution < 1.29 is 23.0 Å². The fourth-order valence-corrected chi connectivity index (χ4v) is 2.91. The number of hydrogen-bond donors (Lipinski definition) is 0. The number of aromatic nitrogens is 2. The van der Waals surface area contributed by atoms with E-state index in [1.807, 2.05) is 0 Å². The molecule has 0 aliphatic carbocycles. The number of carbonyl (C=O) groups excluding carboxylic acids is 1. The molecule has 2 aromatic carbocycles. The fraction of sp³-hybridized carbons (Fsp3) is 0.176. The molecule has 0 saturated heterocycles. The molecule has 0 fully saturated rings. The molecule has 0 saturated carbocycles. The van der Waals surface area contributed by atoms with Crippen LogP contribution in [0.25, 0.3) is 10.9 Å². The fourth-order valence-electron chi connectivity index (χ4n) is 2.59. The third kappa shape index (κ3) is 3.09. The Hall–Kier alpha value is -2.48. The minimum absolute atomic E-state index is 0.0821. The average molecular weight is 411 g/mol. The Balaban J connectivity index is 2.23. The molecule has 0 N–H and O–H groups in total. The molecule has 0 aliphatic heterocycles. The van der Waals surface area contributed by atoms with Crippen LogP contribution < -0.4 is 4.74 Å². The summed E-state index contributed by atoms with van der Waals surface area (Å²) in [6.45, 7) is 0. The summed E-state index contributed by atoms with van der Waals surface area (Å²) in [4.78, 5) is 12.4. The van der Waals surface area contributed by atoms with Crippen molar-refractivity contribution in [1.82, 2.24) is 9.78 Å². The molecule has 25 heavy (non-hydrogen) atoms. The summed E-state index contributed by atoms with van der Waals surface area (Å²) >= 11 is 3.10. The maximum atomic E-state index is 14.2. The van der Waals surface area contributed by atoms with Crippen LogP contribution in [0.1, 0.15) is 11.6 Å². The second-order valence-corrected chi connectivity index (χ2v) is 6.07. The van der Waals surface area contributed by atoms with Gasteiger partial charge in [0.1, 0.15) is 17.1 Å². The smallest absolute Gasteiger partial charge is 0.335 e. The van der Waals surface area contributed by atoms with Crippen LogP contribution in [-0.4, -0.2) is 30.0 Å². The van der Waals surface area contributed by atoms with Crippen molar-refractivity contribution >= 4 is 32.8 Å². The summed E-state index contributed by atoms with van der Waals surface area (Å²) in [5, 5.41) is 4.65. The molecule has 0 unspecified atom stereocenters. The lowest BCUT2D eigenvalue weighted by Crippen LogP contribution is -2.23. The molecule has 8 heteroatoms. The van der Waals surface area contributed by atoms with Gasteiger partial charge in [-0.05, 0) is 46.3 Å². The van der Waals surface area contributed by atoms with Crippen molar-refractivity contribution in [3.63, 3.8) is 0 Å².